The zero-order chi connectivity index (χ0) is 19.1. The molecule has 0 atom stereocenters. The molecule has 0 radical (unpaired) electrons. The van der Waals surface area contributed by atoms with Gasteiger partial charge in [-0.15, -0.1) is 0 Å². The van der Waals surface area contributed by atoms with Crippen molar-refractivity contribution >= 4 is 38.4 Å². The van der Waals surface area contributed by atoms with E-state index < -0.39 is 5.97 Å². The zero-order valence-corrected chi connectivity index (χ0v) is 16.3. The number of ether oxygens (including phenoxy) is 3. The largest absolute Gasteiger partial charge is 0.496 e. The molecule has 0 aliphatic heterocycles. The van der Waals surface area contributed by atoms with Gasteiger partial charge in [-0.25, -0.2) is 4.79 Å². The highest BCUT2D eigenvalue weighted by Crippen LogP contribution is 2.36. The first-order valence-electron chi connectivity index (χ1n) is 7.53. The van der Waals surface area contributed by atoms with E-state index in [9.17, 15) is 9.59 Å². The van der Waals surface area contributed by atoms with Crippen LogP contribution in [0.2, 0.25) is 0 Å². The highest BCUT2D eigenvalue weighted by Gasteiger charge is 2.16. The van der Waals surface area contributed by atoms with Crippen LogP contribution >= 0.6 is 22.6 Å². The van der Waals surface area contributed by atoms with Crippen molar-refractivity contribution in [2.24, 2.45) is 0 Å². The molecule has 136 valence electrons. The van der Waals surface area contributed by atoms with Crippen molar-refractivity contribution in [3.8, 4) is 17.2 Å². The van der Waals surface area contributed by atoms with Gasteiger partial charge in [-0.05, 0) is 23.3 Å². The van der Waals surface area contributed by atoms with Gasteiger partial charge in [0.25, 0.3) is 0 Å². The molecule has 6 nitrogen and oxygen atoms in total. The predicted octanol–water partition coefficient (Wildman–Crippen LogP) is 3.96. The van der Waals surface area contributed by atoms with Crippen molar-refractivity contribution in [3.05, 3.63) is 59.2 Å². The molecule has 0 unspecified atom stereocenters. The predicted molar refractivity (Wildman–Crippen MR) is 105 cm³/mol. The minimum atomic E-state index is -0.994. The van der Waals surface area contributed by atoms with Crippen LogP contribution in [-0.4, -0.2) is 29.1 Å². The Bertz CT molecular complexity index is 827. The molecule has 2 aromatic carbocycles. The molecular weight excluding hydrogens is 451 g/mol. The average molecular weight is 468 g/mol. The van der Waals surface area contributed by atoms with E-state index in [-0.39, 0.29) is 10.4 Å². The quantitative estimate of drug-likeness (QED) is 0.359. The maximum absolute atomic E-state index is 11.7. The van der Waals surface area contributed by atoms with Crippen LogP contribution in [0.3, 0.4) is 0 Å². The molecule has 0 bridgehead atoms. The van der Waals surface area contributed by atoms with Crippen molar-refractivity contribution in [3.63, 3.8) is 0 Å². The SMILES string of the molecule is COc1cc(C(=O)I)c(OC)cc1OCc1ccc(/C=C/C(=O)O)cc1. The first-order chi connectivity index (χ1) is 12.4. The summed E-state index contributed by atoms with van der Waals surface area (Å²) < 4.78 is 16.2. The van der Waals surface area contributed by atoms with Gasteiger partial charge in [0, 0.05) is 34.7 Å². The molecule has 26 heavy (non-hydrogen) atoms. The van der Waals surface area contributed by atoms with Gasteiger partial charge in [0.05, 0.1) is 19.8 Å². The second kappa shape index (κ2) is 9.23. The van der Waals surface area contributed by atoms with Crippen molar-refractivity contribution in [2.45, 2.75) is 6.61 Å². The molecule has 0 fully saturated rings. The fraction of sp³-hybridized carbons (Fsp3) is 0.158. The number of rotatable bonds is 8. The van der Waals surface area contributed by atoms with Crippen LogP contribution < -0.4 is 14.2 Å². The second-order valence-electron chi connectivity index (χ2n) is 5.18. The van der Waals surface area contributed by atoms with Crippen LogP contribution in [0.4, 0.5) is 0 Å². The van der Waals surface area contributed by atoms with Gasteiger partial charge in [0.2, 0.25) is 3.79 Å². The molecule has 0 aliphatic rings. The summed E-state index contributed by atoms with van der Waals surface area (Å²) in [6.45, 7) is 0.278. The van der Waals surface area contributed by atoms with E-state index in [1.807, 2.05) is 12.1 Å². The molecule has 2 rings (SSSR count). The summed E-state index contributed by atoms with van der Waals surface area (Å²) in [5.74, 6) is 0.314. The molecule has 0 aliphatic carbocycles. The number of benzene rings is 2. The summed E-state index contributed by atoms with van der Waals surface area (Å²) in [4.78, 5) is 22.2. The van der Waals surface area contributed by atoms with Crippen molar-refractivity contribution < 1.29 is 28.9 Å². The van der Waals surface area contributed by atoms with Gasteiger partial charge in [0.15, 0.2) is 11.5 Å². The zero-order valence-electron chi connectivity index (χ0n) is 14.2. The minimum absolute atomic E-state index is 0.158. The van der Waals surface area contributed by atoms with E-state index in [1.54, 1.807) is 46.9 Å². The lowest BCUT2D eigenvalue weighted by Gasteiger charge is -2.14. The molecular formula is C19H17IO6. The Hall–Kier alpha value is -2.55. The van der Waals surface area contributed by atoms with Crippen molar-refractivity contribution in [1.82, 2.24) is 0 Å². The third kappa shape index (κ3) is 5.22. The minimum Gasteiger partial charge on any atom is -0.496 e. The normalized spacial score (nSPS) is 10.6. The maximum Gasteiger partial charge on any atom is 0.328 e. The molecule has 7 heteroatoms. The Labute approximate surface area is 164 Å². The third-order valence-electron chi connectivity index (χ3n) is 3.49. The summed E-state index contributed by atoms with van der Waals surface area (Å²) in [7, 11) is 2.98. The van der Waals surface area contributed by atoms with E-state index in [2.05, 4.69) is 0 Å². The highest BCUT2D eigenvalue weighted by molar-refractivity contribution is 14.1. The Balaban J connectivity index is 2.16. The van der Waals surface area contributed by atoms with Gasteiger partial charge in [-0.3, -0.25) is 4.79 Å². The molecule has 0 heterocycles. The summed E-state index contributed by atoms with van der Waals surface area (Å²) >= 11 is 1.69. The first kappa shape index (κ1) is 19.8. The Morgan fingerprint density at radius 3 is 2.23 bits per heavy atom. The monoisotopic (exact) mass is 468 g/mol. The van der Waals surface area contributed by atoms with E-state index >= 15 is 0 Å². The molecule has 0 spiro atoms. The summed E-state index contributed by atoms with van der Waals surface area (Å²) in [6, 6.07) is 10.5. The molecule has 0 saturated carbocycles. The number of carbonyl (C=O) groups excluding carboxylic acids is 1. The smallest absolute Gasteiger partial charge is 0.328 e. The summed E-state index contributed by atoms with van der Waals surface area (Å²) in [6.07, 6.45) is 2.60. The van der Waals surface area contributed by atoms with Crippen LogP contribution in [0.1, 0.15) is 21.5 Å². The Morgan fingerprint density at radius 2 is 1.69 bits per heavy atom. The van der Waals surface area contributed by atoms with E-state index in [1.165, 1.54) is 20.3 Å². The average Bonchev–Trinajstić information content (AvgIpc) is 2.64. The van der Waals surface area contributed by atoms with E-state index in [0.717, 1.165) is 17.2 Å². The van der Waals surface area contributed by atoms with Crippen molar-refractivity contribution in [2.75, 3.05) is 14.2 Å². The van der Waals surface area contributed by atoms with Crippen LogP contribution in [0.5, 0.6) is 17.2 Å². The fourth-order valence-corrected chi connectivity index (χ4v) is 2.61. The lowest BCUT2D eigenvalue weighted by atomic mass is 10.1. The van der Waals surface area contributed by atoms with Crippen LogP contribution in [-0.2, 0) is 11.4 Å². The van der Waals surface area contributed by atoms with E-state index in [4.69, 9.17) is 19.3 Å². The molecule has 2 aromatic rings. The topological polar surface area (TPSA) is 82.1 Å². The van der Waals surface area contributed by atoms with Gasteiger partial charge in [-0.2, -0.15) is 0 Å². The number of halogens is 1. The standard InChI is InChI=1S/C19H17IO6/c1-24-15-10-17(16(25-2)9-14(15)19(20)23)26-11-13-5-3-12(4-6-13)7-8-18(21)22/h3-10H,11H2,1-2H3,(H,21,22)/b8-7+. The fourth-order valence-electron chi connectivity index (χ4n) is 2.19. The molecule has 0 aromatic heterocycles. The Kier molecular flexibility index (Phi) is 7.02. The lowest BCUT2D eigenvalue weighted by Crippen LogP contribution is -2.01. The lowest BCUT2D eigenvalue weighted by molar-refractivity contribution is -0.131. The third-order valence-corrected chi connectivity index (χ3v) is 4.07. The van der Waals surface area contributed by atoms with Gasteiger partial charge >= 0.3 is 5.97 Å². The summed E-state index contributed by atoms with van der Waals surface area (Å²) in [5.41, 5.74) is 2.08. The second-order valence-corrected chi connectivity index (χ2v) is 6.16. The van der Waals surface area contributed by atoms with Crippen molar-refractivity contribution in [1.29, 1.82) is 0 Å². The number of carboxylic acids is 1. The van der Waals surface area contributed by atoms with Crippen LogP contribution in [0.15, 0.2) is 42.5 Å². The Morgan fingerprint density at radius 1 is 1.04 bits per heavy atom. The molecule has 0 amide bonds. The van der Waals surface area contributed by atoms with Gasteiger partial charge in [0.1, 0.15) is 12.4 Å². The number of carbonyl (C=O) groups is 2. The number of hydrogen-bond acceptors (Lipinski definition) is 5. The number of hydrogen-bond donors (Lipinski definition) is 1. The van der Waals surface area contributed by atoms with Crippen LogP contribution in [0.25, 0.3) is 6.08 Å². The maximum atomic E-state index is 11.7. The van der Waals surface area contributed by atoms with Gasteiger partial charge in [-0.1, -0.05) is 24.3 Å². The number of aliphatic carboxylic acids is 1. The summed E-state index contributed by atoms with van der Waals surface area (Å²) in [5, 5.41) is 8.64. The van der Waals surface area contributed by atoms with E-state index in [0.29, 0.717) is 22.8 Å². The first-order valence-corrected chi connectivity index (χ1v) is 8.61. The number of methoxy groups -OCH3 is 2. The highest BCUT2D eigenvalue weighted by atomic mass is 127. The molecule has 0 saturated heterocycles. The van der Waals surface area contributed by atoms with Crippen LogP contribution in [0, 0.1) is 0 Å². The number of carboxylic acid groups (broad SMARTS) is 1. The molecule has 1 N–H and O–H groups in total. The van der Waals surface area contributed by atoms with Gasteiger partial charge < -0.3 is 19.3 Å².